The van der Waals surface area contributed by atoms with Crippen molar-refractivity contribution in [2.45, 2.75) is 6.61 Å². The zero-order valence-corrected chi connectivity index (χ0v) is 10.6. The van der Waals surface area contributed by atoms with Crippen LogP contribution < -0.4 is 5.32 Å². The number of anilines is 2. The van der Waals surface area contributed by atoms with Crippen molar-refractivity contribution in [1.82, 2.24) is 4.98 Å². The Kier molecular flexibility index (Phi) is 4.01. The second-order valence-corrected chi connectivity index (χ2v) is 4.35. The van der Waals surface area contributed by atoms with Gasteiger partial charge in [0.15, 0.2) is 11.0 Å². The Bertz CT molecular complexity index is 561. The number of rotatable bonds is 3. The topological polar surface area (TPSA) is 45.2 Å². The Hall–Kier alpha value is -1.36. The minimum absolute atomic E-state index is 0.247. The fraction of sp³-hybridized carbons (Fsp3) is 0.0833. The number of hydrogen-bond acceptors (Lipinski definition) is 3. The zero-order valence-electron chi connectivity index (χ0n) is 9.12. The second kappa shape index (κ2) is 5.52. The number of benzene rings is 1. The average Bonchev–Trinajstić information content (AvgIpc) is 2.36. The molecule has 18 heavy (non-hydrogen) atoms. The van der Waals surface area contributed by atoms with Crippen LogP contribution >= 0.6 is 23.2 Å². The molecule has 1 aromatic heterocycles. The molecule has 0 atom stereocenters. The van der Waals surface area contributed by atoms with Gasteiger partial charge in [-0.2, -0.15) is 0 Å². The lowest BCUT2D eigenvalue weighted by molar-refractivity contribution is 0.281. The summed E-state index contributed by atoms with van der Waals surface area (Å²) in [6, 6.07) is 8.03. The van der Waals surface area contributed by atoms with Gasteiger partial charge in [0, 0.05) is 16.3 Å². The van der Waals surface area contributed by atoms with Crippen molar-refractivity contribution in [3.8, 4) is 0 Å². The highest BCUT2D eigenvalue weighted by molar-refractivity contribution is 6.30. The number of nitrogens with one attached hydrogen (secondary N) is 1. The highest BCUT2D eigenvalue weighted by atomic mass is 35.5. The monoisotopic (exact) mass is 286 g/mol. The largest absolute Gasteiger partial charge is 0.392 e. The first-order chi connectivity index (χ1) is 8.60. The van der Waals surface area contributed by atoms with Crippen molar-refractivity contribution in [2.24, 2.45) is 0 Å². The van der Waals surface area contributed by atoms with Crippen LogP contribution in [0.2, 0.25) is 10.2 Å². The van der Waals surface area contributed by atoms with Crippen LogP contribution in [0.1, 0.15) is 5.56 Å². The summed E-state index contributed by atoms with van der Waals surface area (Å²) in [7, 11) is 0. The molecule has 1 aromatic carbocycles. The Balaban J connectivity index is 2.33. The quantitative estimate of drug-likeness (QED) is 0.845. The van der Waals surface area contributed by atoms with Gasteiger partial charge in [-0.15, -0.1) is 0 Å². The van der Waals surface area contributed by atoms with E-state index in [4.69, 9.17) is 28.3 Å². The van der Waals surface area contributed by atoms with Gasteiger partial charge in [0.25, 0.3) is 0 Å². The zero-order chi connectivity index (χ0) is 13.1. The Labute approximate surface area is 113 Å². The van der Waals surface area contributed by atoms with Crippen LogP contribution in [-0.2, 0) is 6.61 Å². The maximum absolute atomic E-state index is 13.2. The third-order valence-corrected chi connectivity index (χ3v) is 2.81. The molecule has 2 rings (SSSR count). The summed E-state index contributed by atoms with van der Waals surface area (Å²) < 4.78 is 13.2. The summed E-state index contributed by atoms with van der Waals surface area (Å²) in [5.74, 6) is -0.353. The molecule has 0 aliphatic rings. The van der Waals surface area contributed by atoms with Gasteiger partial charge in [-0.1, -0.05) is 23.2 Å². The van der Waals surface area contributed by atoms with E-state index in [9.17, 15) is 4.39 Å². The fourth-order valence-electron chi connectivity index (χ4n) is 1.40. The number of aliphatic hydroxyl groups excluding tert-OH is 1. The summed E-state index contributed by atoms with van der Waals surface area (Å²) in [5.41, 5.74) is 1.04. The summed E-state index contributed by atoms with van der Waals surface area (Å²) >= 11 is 11.4. The van der Waals surface area contributed by atoms with E-state index in [-0.39, 0.29) is 11.8 Å². The number of aliphatic hydroxyl groups is 1. The third kappa shape index (κ3) is 2.90. The summed E-state index contributed by atoms with van der Waals surface area (Å²) in [6.45, 7) is -0.336. The molecule has 0 spiro atoms. The highest BCUT2D eigenvalue weighted by Crippen LogP contribution is 2.24. The van der Waals surface area contributed by atoms with E-state index in [0.717, 1.165) is 6.07 Å². The van der Waals surface area contributed by atoms with Gasteiger partial charge >= 0.3 is 0 Å². The lowest BCUT2D eigenvalue weighted by Crippen LogP contribution is -2.01. The van der Waals surface area contributed by atoms with Gasteiger partial charge in [0.05, 0.1) is 6.61 Å². The first-order valence-corrected chi connectivity index (χ1v) is 5.84. The molecule has 2 aromatic rings. The van der Waals surface area contributed by atoms with E-state index in [2.05, 4.69) is 10.3 Å². The molecule has 0 aliphatic heterocycles. The predicted octanol–water partition coefficient (Wildman–Crippen LogP) is 3.76. The van der Waals surface area contributed by atoms with Crippen molar-refractivity contribution < 1.29 is 9.50 Å². The molecule has 0 amide bonds. The molecular formula is C12H9Cl2FN2O. The summed E-state index contributed by atoms with van der Waals surface area (Å²) in [6.07, 6.45) is 0. The normalized spacial score (nSPS) is 10.4. The van der Waals surface area contributed by atoms with Crippen LogP contribution in [0, 0.1) is 5.82 Å². The van der Waals surface area contributed by atoms with E-state index in [1.165, 1.54) is 0 Å². The molecule has 2 N–H and O–H groups in total. The van der Waals surface area contributed by atoms with Gasteiger partial charge < -0.3 is 10.4 Å². The molecule has 3 nitrogen and oxygen atoms in total. The van der Waals surface area contributed by atoms with Crippen LogP contribution in [0.15, 0.2) is 30.3 Å². The molecule has 0 unspecified atom stereocenters. The van der Waals surface area contributed by atoms with E-state index in [0.29, 0.717) is 22.1 Å². The first kappa shape index (κ1) is 13.1. The molecule has 6 heteroatoms. The second-order valence-electron chi connectivity index (χ2n) is 3.56. The van der Waals surface area contributed by atoms with Crippen molar-refractivity contribution in [3.63, 3.8) is 0 Å². The van der Waals surface area contributed by atoms with Crippen LogP contribution in [0.5, 0.6) is 0 Å². The minimum atomic E-state index is -0.664. The number of pyridine rings is 1. The lowest BCUT2D eigenvalue weighted by atomic mass is 10.2. The maximum atomic E-state index is 13.2. The van der Waals surface area contributed by atoms with E-state index < -0.39 is 5.82 Å². The smallest absolute Gasteiger partial charge is 0.167 e. The van der Waals surface area contributed by atoms with Crippen LogP contribution in [0.4, 0.5) is 15.9 Å². The van der Waals surface area contributed by atoms with E-state index in [1.807, 2.05) is 0 Å². The van der Waals surface area contributed by atoms with Crippen LogP contribution in [0.3, 0.4) is 0 Å². The average molecular weight is 287 g/mol. The van der Waals surface area contributed by atoms with Gasteiger partial charge in [0.1, 0.15) is 5.82 Å². The molecule has 0 fully saturated rings. The molecule has 94 valence electrons. The fourth-order valence-corrected chi connectivity index (χ4v) is 1.67. The number of hydrogen-bond donors (Lipinski definition) is 2. The molecular weight excluding hydrogens is 278 g/mol. The molecule has 0 bridgehead atoms. The summed E-state index contributed by atoms with van der Waals surface area (Å²) in [4.78, 5) is 3.85. The Morgan fingerprint density at radius 3 is 2.50 bits per heavy atom. The molecule has 0 aliphatic carbocycles. The lowest BCUT2D eigenvalue weighted by Gasteiger charge is -2.10. The van der Waals surface area contributed by atoms with Crippen LogP contribution in [-0.4, -0.2) is 10.1 Å². The van der Waals surface area contributed by atoms with Crippen LogP contribution in [0.25, 0.3) is 0 Å². The maximum Gasteiger partial charge on any atom is 0.167 e. The summed E-state index contributed by atoms with van der Waals surface area (Å²) in [5, 5.41) is 12.4. The van der Waals surface area contributed by atoms with Gasteiger partial charge in [-0.25, -0.2) is 9.37 Å². The van der Waals surface area contributed by atoms with Gasteiger partial charge in [-0.3, -0.25) is 0 Å². The third-order valence-electron chi connectivity index (χ3n) is 2.29. The Morgan fingerprint density at radius 1 is 1.22 bits per heavy atom. The van der Waals surface area contributed by atoms with Gasteiger partial charge in [-0.05, 0) is 30.3 Å². The highest BCUT2D eigenvalue weighted by Gasteiger charge is 2.10. The molecule has 0 radical (unpaired) electrons. The van der Waals surface area contributed by atoms with E-state index >= 15 is 0 Å². The van der Waals surface area contributed by atoms with Crippen molar-refractivity contribution in [2.75, 3.05) is 5.32 Å². The van der Waals surface area contributed by atoms with Gasteiger partial charge in [0.2, 0.25) is 0 Å². The van der Waals surface area contributed by atoms with Crippen molar-refractivity contribution in [3.05, 3.63) is 51.9 Å². The molecule has 0 saturated carbocycles. The number of aromatic nitrogens is 1. The number of nitrogens with zero attached hydrogens (tertiary/aromatic N) is 1. The molecule has 1 heterocycles. The molecule has 0 saturated heterocycles. The SMILES string of the molecule is OCc1cc(F)c(Cl)nc1Nc1ccc(Cl)cc1. The van der Waals surface area contributed by atoms with Crippen molar-refractivity contribution >= 4 is 34.7 Å². The van der Waals surface area contributed by atoms with Crippen molar-refractivity contribution in [1.29, 1.82) is 0 Å². The predicted molar refractivity (Wildman–Crippen MR) is 69.9 cm³/mol. The minimum Gasteiger partial charge on any atom is -0.392 e. The Morgan fingerprint density at radius 2 is 1.89 bits per heavy atom. The van der Waals surface area contributed by atoms with E-state index in [1.54, 1.807) is 24.3 Å². The standard InChI is InChI=1S/C12H9Cl2FN2O/c13-8-1-3-9(4-2-8)16-12-7(6-18)5-10(15)11(14)17-12/h1-5,18H,6H2,(H,16,17). The number of halogens is 3. The first-order valence-electron chi connectivity index (χ1n) is 5.08.